The Kier molecular flexibility index (Phi) is 3.65. The van der Waals surface area contributed by atoms with E-state index in [0.717, 1.165) is 18.7 Å². The number of nitrogens with one attached hydrogen (secondary N) is 1. The summed E-state index contributed by atoms with van der Waals surface area (Å²) in [5.74, 6) is 1.64. The van der Waals surface area contributed by atoms with Crippen molar-refractivity contribution in [3.63, 3.8) is 0 Å². The number of oxazole rings is 1. The van der Waals surface area contributed by atoms with Gasteiger partial charge in [-0.1, -0.05) is 30.3 Å². The number of aromatic nitrogens is 1. The largest absolute Gasteiger partial charge is 0.447 e. The van der Waals surface area contributed by atoms with E-state index in [0.29, 0.717) is 30.1 Å². The first-order valence-electron chi connectivity index (χ1n) is 8.20. The Morgan fingerprint density at radius 1 is 1.39 bits per heavy atom. The molecule has 1 amide bonds. The summed E-state index contributed by atoms with van der Waals surface area (Å²) in [5, 5.41) is 3.46. The third-order valence-corrected chi connectivity index (χ3v) is 5.17. The van der Waals surface area contributed by atoms with Crippen LogP contribution in [-0.2, 0) is 6.42 Å². The first-order chi connectivity index (χ1) is 11.2. The molecule has 120 valence electrons. The fourth-order valence-corrected chi connectivity index (χ4v) is 3.75. The summed E-state index contributed by atoms with van der Waals surface area (Å²) >= 11 is 0. The normalized spacial score (nSPS) is 25.2. The lowest BCUT2D eigenvalue weighted by molar-refractivity contribution is 0.0786. The molecule has 23 heavy (non-hydrogen) atoms. The molecule has 3 atom stereocenters. The Morgan fingerprint density at radius 3 is 2.91 bits per heavy atom. The van der Waals surface area contributed by atoms with E-state index < -0.39 is 0 Å². The second kappa shape index (κ2) is 5.81. The van der Waals surface area contributed by atoms with Gasteiger partial charge in [-0.25, -0.2) is 4.98 Å². The molecular formula is C18H21N3O2. The van der Waals surface area contributed by atoms with Crippen LogP contribution in [0.25, 0.3) is 0 Å². The molecule has 2 bridgehead atoms. The zero-order chi connectivity index (χ0) is 15.8. The van der Waals surface area contributed by atoms with Crippen LogP contribution >= 0.6 is 0 Å². The summed E-state index contributed by atoms with van der Waals surface area (Å²) in [6, 6.07) is 10.7. The van der Waals surface area contributed by atoms with Crippen molar-refractivity contribution in [1.82, 2.24) is 15.2 Å². The van der Waals surface area contributed by atoms with E-state index in [2.05, 4.69) is 22.4 Å². The number of hydrogen-bond acceptors (Lipinski definition) is 4. The van der Waals surface area contributed by atoms with Crippen LogP contribution in [0.3, 0.4) is 0 Å². The maximum atomic E-state index is 12.7. The van der Waals surface area contributed by atoms with Crippen LogP contribution in [-0.4, -0.2) is 42.0 Å². The van der Waals surface area contributed by atoms with Crippen LogP contribution in [0.5, 0.6) is 0 Å². The molecule has 1 aliphatic carbocycles. The standard InChI is InChI=1S/C18H21N3O2/c1-21(8-7-12-5-3-2-4-6-12)18(22)16-17(23-11-20-16)15-13-9-14(15)19-10-13/h2-6,11,13-15,19H,7-10H2,1H3. The van der Waals surface area contributed by atoms with E-state index in [4.69, 9.17) is 4.42 Å². The molecule has 3 unspecified atom stereocenters. The van der Waals surface area contributed by atoms with E-state index in [1.165, 1.54) is 18.4 Å². The van der Waals surface area contributed by atoms with E-state index in [1.54, 1.807) is 4.90 Å². The Balaban J connectivity index is 1.44. The number of hydrogen-bond donors (Lipinski definition) is 1. The number of nitrogens with zero attached hydrogens (tertiary/aromatic N) is 2. The van der Waals surface area contributed by atoms with E-state index in [1.807, 2.05) is 25.2 Å². The summed E-state index contributed by atoms with van der Waals surface area (Å²) in [4.78, 5) is 18.7. The molecule has 3 aliphatic rings. The molecule has 1 saturated carbocycles. The predicted octanol–water partition coefficient (Wildman–Crippen LogP) is 2.06. The number of carbonyl (C=O) groups is 1. The highest BCUT2D eigenvalue weighted by molar-refractivity contribution is 5.93. The van der Waals surface area contributed by atoms with Gasteiger partial charge in [0.1, 0.15) is 5.76 Å². The van der Waals surface area contributed by atoms with Gasteiger partial charge in [0.2, 0.25) is 0 Å². The Bertz CT molecular complexity index is 683. The van der Waals surface area contributed by atoms with Gasteiger partial charge in [-0.15, -0.1) is 0 Å². The monoisotopic (exact) mass is 311 g/mol. The summed E-state index contributed by atoms with van der Waals surface area (Å²) in [5.41, 5.74) is 1.72. The number of carbonyl (C=O) groups excluding carboxylic acids is 1. The minimum absolute atomic E-state index is 0.0454. The Hall–Kier alpha value is -2.14. The maximum Gasteiger partial charge on any atom is 0.275 e. The fourth-order valence-electron chi connectivity index (χ4n) is 3.75. The molecule has 0 radical (unpaired) electrons. The zero-order valence-corrected chi connectivity index (χ0v) is 13.2. The lowest BCUT2D eigenvalue weighted by Gasteiger charge is -2.33. The maximum absolute atomic E-state index is 12.7. The molecule has 5 heteroatoms. The molecule has 3 heterocycles. The quantitative estimate of drug-likeness (QED) is 0.918. The molecule has 2 aliphatic heterocycles. The first-order valence-corrected chi connectivity index (χ1v) is 8.20. The minimum Gasteiger partial charge on any atom is -0.447 e. The van der Waals surface area contributed by atoms with Gasteiger partial charge < -0.3 is 14.6 Å². The van der Waals surface area contributed by atoms with Crippen LogP contribution < -0.4 is 5.32 Å². The van der Waals surface area contributed by atoms with Crippen LogP contribution in [0.1, 0.15) is 34.2 Å². The Labute approximate surface area is 135 Å². The predicted molar refractivity (Wildman–Crippen MR) is 86.2 cm³/mol. The van der Waals surface area contributed by atoms with E-state index in [9.17, 15) is 4.79 Å². The smallest absolute Gasteiger partial charge is 0.275 e. The second-order valence-corrected chi connectivity index (χ2v) is 6.56. The third kappa shape index (κ3) is 2.55. The summed E-state index contributed by atoms with van der Waals surface area (Å²) in [6.45, 7) is 1.69. The molecular weight excluding hydrogens is 290 g/mol. The molecule has 2 aromatic rings. The van der Waals surface area contributed by atoms with Crippen LogP contribution in [0.4, 0.5) is 0 Å². The topological polar surface area (TPSA) is 58.4 Å². The molecule has 5 rings (SSSR count). The summed E-state index contributed by atoms with van der Waals surface area (Å²) < 4.78 is 5.58. The molecule has 1 N–H and O–H groups in total. The van der Waals surface area contributed by atoms with Gasteiger partial charge in [-0.05, 0) is 30.9 Å². The first kappa shape index (κ1) is 14.5. The highest BCUT2D eigenvalue weighted by Crippen LogP contribution is 2.48. The van der Waals surface area contributed by atoms with Crippen molar-refractivity contribution in [1.29, 1.82) is 0 Å². The van der Waals surface area contributed by atoms with Gasteiger partial charge in [-0.3, -0.25) is 4.79 Å². The average Bonchev–Trinajstić information content (AvgIpc) is 3.29. The second-order valence-electron chi connectivity index (χ2n) is 6.56. The Morgan fingerprint density at radius 2 is 2.22 bits per heavy atom. The number of likely N-dealkylation sites (N-methyl/N-ethyl adjacent to an activating group) is 1. The molecule has 1 aromatic carbocycles. The lowest BCUT2D eigenvalue weighted by Crippen LogP contribution is -2.37. The number of amides is 1. The van der Waals surface area contributed by atoms with Crippen LogP contribution in [0.15, 0.2) is 41.1 Å². The molecule has 5 nitrogen and oxygen atoms in total. The average molecular weight is 311 g/mol. The molecule has 2 saturated heterocycles. The van der Waals surface area contributed by atoms with Gasteiger partial charge in [-0.2, -0.15) is 0 Å². The number of rotatable bonds is 5. The molecule has 3 fully saturated rings. The van der Waals surface area contributed by atoms with Crippen LogP contribution in [0.2, 0.25) is 0 Å². The SMILES string of the molecule is CN(CCc1ccccc1)C(=O)c1ncoc1C1C2CNC1C2. The zero-order valence-electron chi connectivity index (χ0n) is 13.2. The summed E-state index contributed by atoms with van der Waals surface area (Å²) in [6.07, 6.45) is 3.43. The lowest BCUT2D eigenvalue weighted by atomic mass is 9.72. The molecule has 0 spiro atoms. The van der Waals surface area contributed by atoms with E-state index >= 15 is 0 Å². The summed E-state index contributed by atoms with van der Waals surface area (Å²) in [7, 11) is 1.83. The highest BCUT2D eigenvalue weighted by atomic mass is 16.3. The van der Waals surface area contributed by atoms with Crippen molar-refractivity contribution in [2.75, 3.05) is 20.1 Å². The van der Waals surface area contributed by atoms with E-state index in [-0.39, 0.29) is 5.91 Å². The number of fused-ring (bicyclic) bond motifs is 1. The van der Waals surface area contributed by atoms with Crippen molar-refractivity contribution in [2.24, 2.45) is 5.92 Å². The third-order valence-electron chi connectivity index (χ3n) is 5.17. The van der Waals surface area contributed by atoms with Crippen molar-refractivity contribution in [2.45, 2.75) is 24.8 Å². The molecule has 1 aromatic heterocycles. The van der Waals surface area contributed by atoms with Crippen molar-refractivity contribution in [3.8, 4) is 0 Å². The van der Waals surface area contributed by atoms with Crippen molar-refractivity contribution in [3.05, 3.63) is 53.7 Å². The van der Waals surface area contributed by atoms with Crippen molar-refractivity contribution >= 4 is 5.91 Å². The van der Waals surface area contributed by atoms with Gasteiger partial charge in [0.05, 0.1) is 0 Å². The highest BCUT2D eigenvalue weighted by Gasteiger charge is 2.50. The number of benzene rings is 1. The van der Waals surface area contributed by atoms with Gasteiger partial charge >= 0.3 is 0 Å². The van der Waals surface area contributed by atoms with Gasteiger partial charge in [0, 0.05) is 25.6 Å². The fraction of sp³-hybridized carbons (Fsp3) is 0.444. The van der Waals surface area contributed by atoms with Gasteiger partial charge in [0.25, 0.3) is 5.91 Å². The minimum atomic E-state index is -0.0454. The van der Waals surface area contributed by atoms with Crippen molar-refractivity contribution < 1.29 is 9.21 Å². The van der Waals surface area contributed by atoms with Gasteiger partial charge in [0.15, 0.2) is 12.1 Å². The van der Waals surface area contributed by atoms with Crippen LogP contribution in [0, 0.1) is 5.92 Å².